The number of aryl methyl sites for hydroxylation is 1. The van der Waals surface area contributed by atoms with Crippen LogP contribution in [0.15, 0.2) is 6.07 Å². The smallest absolute Gasteiger partial charge is 0.133 e. The van der Waals surface area contributed by atoms with Crippen LogP contribution in [0.25, 0.3) is 0 Å². The molecule has 102 valence electrons. The van der Waals surface area contributed by atoms with Crippen molar-refractivity contribution in [1.29, 1.82) is 0 Å². The molecule has 0 atom stereocenters. The molecule has 1 aromatic heterocycles. The van der Waals surface area contributed by atoms with Gasteiger partial charge >= 0.3 is 0 Å². The molecule has 1 rings (SSSR count). The van der Waals surface area contributed by atoms with Crippen molar-refractivity contribution < 1.29 is 4.74 Å². The third-order valence-corrected chi connectivity index (χ3v) is 2.75. The topological polar surface area (TPSA) is 59.1 Å². The molecule has 0 saturated heterocycles. The van der Waals surface area contributed by atoms with Crippen LogP contribution in [0.1, 0.15) is 33.0 Å². The maximum absolute atomic E-state index is 5.37. The number of aromatic nitrogens is 2. The molecular weight excluding hydrogens is 228 g/mol. The standard InChI is InChI=1S/C13H24N4O/c1-6-7-10-16-11(14-4)8-12(17-10)15-9-13(2,3)18-5/h8H,6-7,9H2,1-5H3,(H2,14,15,16,17). The second kappa shape index (κ2) is 6.54. The predicted molar refractivity (Wildman–Crippen MR) is 75.2 cm³/mol. The molecule has 5 nitrogen and oxygen atoms in total. The molecule has 5 heteroatoms. The first-order valence-corrected chi connectivity index (χ1v) is 6.35. The molecule has 0 unspecified atom stereocenters. The van der Waals surface area contributed by atoms with E-state index in [-0.39, 0.29) is 5.60 Å². The Kier molecular flexibility index (Phi) is 5.34. The van der Waals surface area contributed by atoms with Gasteiger partial charge < -0.3 is 15.4 Å². The van der Waals surface area contributed by atoms with Crippen molar-refractivity contribution in [3.63, 3.8) is 0 Å². The first-order valence-electron chi connectivity index (χ1n) is 6.35. The Morgan fingerprint density at radius 3 is 2.50 bits per heavy atom. The normalized spacial score (nSPS) is 11.4. The molecule has 0 aliphatic rings. The molecule has 0 spiro atoms. The van der Waals surface area contributed by atoms with E-state index >= 15 is 0 Å². The molecule has 0 radical (unpaired) electrons. The van der Waals surface area contributed by atoms with E-state index in [0.717, 1.165) is 30.3 Å². The molecule has 0 fully saturated rings. The van der Waals surface area contributed by atoms with Gasteiger partial charge in [-0.2, -0.15) is 0 Å². The minimum Gasteiger partial charge on any atom is -0.377 e. The maximum atomic E-state index is 5.37. The Balaban J connectivity index is 2.78. The van der Waals surface area contributed by atoms with Gasteiger partial charge in [-0.25, -0.2) is 9.97 Å². The van der Waals surface area contributed by atoms with Crippen LogP contribution >= 0.6 is 0 Å². The van der Waals surface area contributed by atoms with E-state index < -0.39 is 0 Å². The fraction of sp³-hybridized carbons (Fsp3) is 0.692. The Labute approximate surface area is 109 Å². The average molecular weight is 252 g/mol. The van der Waals surface area contributed by atoms with Gasteiger partial charge in [0.25, 0.3) is 0 Å². The first kappa shape index (κ1) is 14.7. The van der Waals surface area contributed by atoms with Gasteiger partial charge in [-0.15, -0.1) is 0 Å². The lowest BCUT2D eigenvalue weighted by Gasteiger charge is -2.23. The summed E-state index contributed by atoms with van der Waals surface area (Å²) in [5.41, 5.74) is -0.213. The second-order valence-electron chi connectivity index (χ2n) is 4.87. The van der Waals surface area contributed by atoms with Crippen molar-refractivity contribution >= 4 is 11.6 Å². The summed E-state index contributed by atoms with van der Waals surface area (Å²) in [5, 5.41) is 6.35. The fourth-order valence-electron chi connectivity index (χ4n) is 1.43. The number of nitrogens with one attached hydrogen (secondary N) is 2. The van der Waals surface area contributed by atoms with Crippen LogP contribution in [-0.4, -0.2) is 36.3 Å². The number of rotatable bonds is 7. The second-order valence-corrected chi connectivity index (χ2v) is 4.87. The van der Waals surface area contributed by atoms with Crippen LogP contribution < -0.4 is 10.6 Å². The highest BCUT2D eigenvalue weighted by Crippen LogP contribution is 2.14. The van der Waals surface area contributed by atoms with Crippen molar-refractivity contribution in [2.24, 2.45) is 0 Å². The number of hydrogen-bond donors (Lipinski definition) is 2. The number of nitrogens with zero attached hydrogens (tertiary/aromatic N) is 2. The van der Waals surface area contributed by atoms with Gasteiger partial charge in [0, 0.05) is 33.2 Å². The molecule has 1 heterocycles. The van der Waals surface area contributed by atoms with Gasteiger partial charge in [0.15, 0.2) is 0 Å². The molecule has 0 aliphatic heterocycles. The molecule has 1 aromatic rings. The highest BCUT2D eigenvalue weighted by atomic mass is 16.5. The van der Waals surface area contributed by atoms with Crippen molar-refractivity contribution in [2.75, 3.05) is 31.3 Å². The summed E-state index contributed by atoms with van der Waals surface area (Å²) < 4.78 is 5.37. The third-order valence-electron chi connectivity index (χ3n) is 2.75. The van der Waals surface area contributed by atoms with Crippen LogP contribution in [0.5, 0.6) is 0 Å². The molecule has 0 amide bonds. The van der Waals surface area contributed by atoms with Crippen LogP contribution in [0.2, 0.25) is 0 Å². The predicted octanol–water partition coefficient (Wildman–Crippen LogP) is 2.31. The van der Waals surface area contributed by atoms with Crippen LogP contribution in [-0.2, 0) is 11.2 Å². The summed E-state index contributed by atoms with van der Waals surface area (Å²) in [6.07, 6.45) is 1.92. The van der Waals surface area contributed by atoms with Crippen LogP contribution in [0, 0.1) is 0 Å². The summed E-state index contributed by atoms with van der Waals surface area (Å²) in [4.78, 5) is 8.90. The largest absolute Gasteiger partial charge is 0.377 e. The molecule has 0 saturated carbocycles. The summed E-state index contributed by atoms with van der Waals surface area (Å²) >= 11 is 0. The average Bonchev–Trinajstić information content (AvgIpc) is 2.37. The van der Waals surface area contributed by atoms with Gasteiger partial charge in [0.1, 0.15) is 17.5 Å². The summed E-state index contributed by atoms with van der Waals surface area (Å²) in [7, 11) is 3.57. The molecule has 0 aromatic carbocycles. The number of hydrogen-bond acceptors (Lipinski definition) is 5. The van der Waals surface area contributed by atoms with E-state index in [2.05, 4.69) is 27.5 Å². The Morgan fingerprint density at radius 2 is 1.94 bits per heavy atom. The zero-order valence-corrected chi connectivity index (χ0v) is 12.0. The highest BCUT2D eigenvalue weighted by Gasteiger charge is 2.16. The zero-order chi connectivity index (χ0) is 13.6. The van der Waals surface area contributed by atoms with E-state index in [1.165, 1.54) is 0 Å². The van der Waals surface area contributed by atoms with Gasteiger partial charge in [0.2, 0.25) is 0 Å². The zero-order valence-electron chi connectivity index (χ0n) is 12.0. The Morgan fingerprint density at radius 1 is 1.28 bits per heavy atom. The van der Waals surface area contributed by atoms with Crippen molar-refractivity contribution in [1.82, 2.24) is 9.97 Å². The fourth-order valence-corrected chi connectivity index (χ4v) is 1.43. The quantitative estimate of drug-likeness (QED) is 0.780. The molecular formula is C13H24N4O. The third kappa shape index (κ3) is 4.49. The minimum absolute atomic E-state index is 0.213. The SMILES string of the molecule is CCCc1nc(NC)cc(NCC(C)(C)OC)n1. The molecule has 18 heavy (non-hydrogen) atoms. The van der Waals surface area contributed by atoms with Gasteiger partial charge in [-0.3, -0.25) is 0 Å². The monoisotopic (exact) mass is 252 g/mol. The van der Waals surface area contributed by atoms with E-state index in [9.17, 15) is 0 Å². The van der Waals surface area contributed by atoms with Crippen molar-refractivity contribution in [3.8, 4) is 0 Å². The van der Waals surface area contributed by atoms with Crippen LogP contribution in [0.4, 0.5) is 11.6 Å². The summed E-state index contributed by atoms with van der Waals surface area (Å²) in [5.74, 6) is 2.54. The van der Waals surface area contributed by atoms with Gasteiger partial charge in [-0.1, -0.05) is 6.92 Å². The lowest BCUT2D eigenvalue weighted by Crippen LogP contribution is -2.32. The van der Waals surface area contributed by atoms with E-state index in [1.807, 2.05) is 27.0 Å². The summed E-state index contributed by atoms with van der Waals surface area (Å²) in [6, 6.07) is 1.91. The summed E-state index contributed by atoms with van der Waals surface area (Å²) in [6.45, 7) is 6.89. The Hall–Kier alpha value is -1.36. The van der Waals surface area contributed by atoms with Crippen molar-refractivity contribution in [2.45, 2.75) is 39.2 Å². The minimum atomic E-state index is -0.213. The maximum Gasteiger partial charge on any atom is 0.133 e. The number of methoxy groups -OCH3 is 1. The Bertz CT molecular complexity index is 379. The molecule has 0 bridgehead atoms. The van der Waals surface area contributed by atoms with Crippen LogP contribution in [0.3, 0.4) is 0 Å². The lowest BCUT2D eigenvalue weighted by atomic mass is 10.1. The van der Waals surface area contributed by atoms with Crippen molar-refractivity contribution in [3.05, 3.63) is 11.9 Å². The number of anilines is 2. The number of ether oxygens (including phenoxy) is 1. The molecule has 0 aliphatic carbocycles. The highest BCUT2D eigenvalue weighted by molar-refractivity contribution is 5.47. The van der Waals surface area contributed by atoms with E-state index in [0.29, 0.717) is 6.54 Å². The first-order chi connectivity index (χ1) is 8.50. The van der Waals surface area contributed by atoms with E-state index in [1.54, 1.807) is 7.11 Å². The lowest BCUT2D eigenvalue weighted by molar-refractivity contribution is 0.0343. The van der Waals surface area contributed by atoms with E-state index in [4.69, 9.17) is 4.74 Å². The van der Waals surface area contributed by atoms with Gasteiger partial charge in [0.05, 0.1) is 5.60 Å². The molecule has 2 N–H and O–H groups in total. The van der Waals surface area contributed by atoms with Gasteiger partial charge in [-0.05, 0) is 20.3 Å².